The van der Waals surface area contributed by atoms with Crippen LogP contribution in [0.2, 0.25) is 0 Å². The van der Waals surface area contributed by atoms with E-state index < -0.39 is 0 Å². The van der Waals surface area contributed by atoms with Crippen LogP contribution in [-0.4, -0.2) is 15.9 Å². The summed E-state index contributed by atoms with van der Waals surface area (Å²) in [7, 11) is 0. The number of aromatic nitrogens is 2. The fraction of sp³-hybridized carbons (Fsp3) is 0.316. The fourth-order valence-corrected chi connectivity index (χ4v) is 2.88. The van der Waals surface area contributed by atoms with Crippen LogP contribution in [0.4, 0.5) is 0 Å². The number of benzene rings is 1. The van der Waals surface area contributed by atoms with Crippen molar-refractivity contribution in [3.05, 3.63) is 63.5 Å². The van der Waals surface area contributed by atoms with E-state index in [0.717, 1.165) is 11.0 Å². The summed E-state index contributed by atoms with van der Waals surface area (Å²) in [6.45, 7) is 5.40. The van der Waals surface area contributed by atoms with Crippen LogP contribution in [0.5, 0.6) is 0 Å². The van der Waals surface area contributed by atoms with Gasteiger partial charge in [-0.3, -0.25) is 9.59 Å². The minimum Gasteiger partial charge on any atom is -0.459 e. The molecule has 0 saturated carbocycles. The molecule has 0 aliphatic rings. The second-order valence-corrected chi connectivity index (χ2v) is 6.19. The minimum absolute atomic E-state index is 0.132. The highest BCUT2D eigenvalue weighted by atomic mass is 16.3. The van der Waals surface area contributed by atoms with Gasteiger partial charge in [-0.1, -0.05) is 18.2 Å². The van der Waals surface area contributed by atoms with Crippen LogP contribution < -0.4 is 10.9 Å². The maximum atomic E-state index is 12.2. The van der Waals surface area contributed by atoms with E-state index in [-0.39, 0.29) is 23.9 Å². The quantitative estimate of drug-likeness (QED) is 0.748. The molecule has 2 aromatic heterocycles. The first-order valence-corrected chi connectivity index (χ1v) is 8.28. The van der Waals surface area contributed by atoms with Crippen LogP contribution in [0.25, 0.3) is 11.0 Å². The van der Waals surface area contributed by atoms with Gasteiger partial charge in [0.1, 0.15) is 17.2 Å². The number of nitrogens with zero attached hydrogens (tertiary/aromatic N) is 1. The number of aryl methyl sites for hydroxylation is 2. The van der Waals surface area contributed by atoms with Crippen LogP contribution in [0.3, 0.4) is 0 Å². The Bertz CT molecular complexity index is 938. The summed E-state index contributed by atoms with van der Waals surface area (Å²) in [5.74, 6) is 1.15. The number of para-hydroxylation sites is 1. The van der Waals surface area contributed by atoms with Gasteiger partial charge in [0, 0.05) is 23.1 Å². The molecule has 6 heteroatoms. The number of nitrogens with one attached hydrogen (secondary N) is 2. The van der Waals surface area contributed by atoms with Crippen molar-refractivity contribution in [2.24, 2.45) is 0 Å². The zero-order chi connectivity index (χ0) is 18.0. The molecule has 2 N–H and O–H groups in total. The Balaban J connectivity index is 1.63. The summed E-state index contributed by atoms with van der Waals surface area (Å²) in [5, 5.41) is 3.92. The maximum absolute atomic E-state index is 12.2. The smallest absolute Gasteiger partial charge is 0.254 e. The number of furan rings is 1. The predicted molar refractivity (Wildman–Crippen MR) is 95.4 cm³/mol. The SMILES string of the molecule is Cc1nc(C)c(CCC(=O)N[C@H](C)c2cc3ccccc3o2)c(=O)[nH]1. The van der Waals surface area contributed by atoms with E-state index >= 15 is 0 Å². The summed E-state index contributed by atoms with van der Waals surface area (Å²) in [4.78, 5) is 31.1. The van der Waals surface area contributed by atoms with E-state index in [0.29, 0.717) is 29.3 Å². The van der Waals surface area contributed by atoms with Crippen LogP contribution in [-0.2, 0) is 11.2 Å². The molecule has 0 aliphatic carbocycles. The Kier molecular flexibility index (Phi) is 4.70. The van der Waals surface area contributed by atoms with Crippen LogP contribution in [0, 0.1) is 13.8 Å². The molecule has 0 fully saturated rings. The molecule has 1 aromatic carbocycles. The molecule has 0 bridgehead atoms. The third-order valence-electron chi connectivity index (χ3n) is 4.19. The first kappa shape index (κ1) is 17.0. The molecule has 0 aliphatic heterocycles. The van der Waals surface area contributed by atoms with E-state index in [1.54, 1.807) is 13.8 Å². The number of rotatable bonds is 5. The topological polar surface area (TPSA) is 88.0 Å². The van der Waals surface area contributed by atoms with Gasteiger partial charge in [-0.2, -0.15) is 0 Å². The molecule has 130 valence electrons. The summed E-state index contributed by atoms with van der Waals surface area (Å²) in [6.07, 6.45) is 0.576. The number of hydrogen-bond acceptors (Lipinski definition) is 4. The van der Waals surface area contributed by atoms with Gasteiger partial charge in [-0.25, -0.2) is 4.98 Å². The van der Waals surface area contributed by atoms with Gasteiger partial charge < -0.3 is 14.7 Å². The number of fused-ring (bicyclic) bond motifs is 1. The van der Waals surface area contributed by atoms with Crippen LogP contribution in [0.15, 0.2) is 39.5 Å². The van der Waals surface area contributed by atoms with Gasteiger partial charge in [0.2, 0.25) is 5.91 Å². The van der Waals surface area contributed by atoms with Crippen LogP contribution >= 0.6 is 0 Å². The number of aromatic amines is 1. The van der Waals surface area contributed by atoms with Gasteiger partial charge in [0.25, 0.3) is 5.56 Å². The zero-order valence-corrected chi connectivity index (χ0v) is 14.6. The Hall–Kier alpha value is -2.89. The number of carbonyl (C=O) groups is 1. The molecule has 1 atom stereocenters. The first-order valence-electron chi connectivity index (χ1n) is 8.28. The maximum Gasteiger partial charge on any atom is 0.254 e. The van der Waals surface area contributed by atoms with E-state index in [2.05, 4.69) is 15.3 Å². The number of hydrogen-bond donors (Lipinski definition) is 2. The van der Waals surface area contributed by atoms with Gasteiger partial charge in [0.15, 0.2) is 0 Å². The third kappa shape index (κ3) is 3.79. The van der Waals surface area contributed by atoms with E-state index in [1.165, 1.54) is 0 Å². The zero-order valence-electron chi connectivity index (χ0n) is 14.6. The molecular weight excluding hydrogens is 318 g/mol. The lowest BCUT2D eigenvalue weighted by Crippen LogP contribution is -2.27. The molecule has 0 spiro atoms. The highest BCUT2D eigenvalue weighted by Gasteiger charge is 2.15. The highest BCUT2D eigenvalue weighted by molar-refractivity contribution is 5.79. The molecule has 1 amide bonds. The average Bonchev–Trinajstić information content (AvgIpc) is 2.98. The lowest BCUT2D eigenvalue weighted by molar-refractivity contribution is -0.121. The molecule has 25 heavy (non-hydrogen) atoms. The predicted octanol–water partition coefficient (Wildman–Crippen LogP) is 2.94. The van der Waals surface area contributed by atoms with E-state index in [1.807, 2.05) is 37.3 Å². The monoisotopic (exact) mass is 339 g/mol. The largest absolute Gasteiger partial charge is 0.459 e. The van der Waals surface area contributed by atoms with Crippen molar-refractivity contribution < 1.29 is 9.21 Å². The number of amides is 1. The van der Waals surface area contributed by atoms with Crippen molar-refractivity contribution in [1.82, 2.24) is 15.3 Å². The number of H-pyrrole nitrogens is 1. The first-order chi connectivity index (χ1) is 11.9. The van der Waals surface area contributed by atoms with Gasteiger partial charge in [0.05, 0.1) is 6.04 Å². The summed E-state index contributed by atoms with van der Waals surface area (Å²) >= 11 is 0. The van der Waals surface area contributed by atoms with Crippen LogP contribution in [0.1, 0.15) is 42.2 Å². The van der Waals surface area contributed by atoms with Crippen molar-refractivity contribution in [1.29, 1.82) is 0 Å². The number of carbonyl (C=O) groups excluding carboxylic acids is 1. The Morgan fingerprint density at radius 2 is 2.08 bits per heavy atom. The molecule has 3 aromatic rings. The standard InChI is InChI=1S/C19H21N3O3/c1-11-15(19(24)22-13(3)20-11)8-9-18(23)21-12(2)17-10-14-6-4-5-7-16(14)25-17/h4-7,10,12H,8-9H2,1-3H3,(H,21,23)(H,20,22,24)/t12-/m1/s1. The summed E-state index contributed by atoms with van der Waals surface area (Å²) < 4.78 is 5.77. The second kappa shape index (κ2) is 6.93. The molecular formula is C19H21N3O3. The molecule has 6 nitrogen and oxygen atoms in total. The molecule has 2 heterocycles. The second-order valence-electron chi connectivity index (χ2n) is 6.19. The van der Waals surface area contributed by atoms with E-state index in [9.17, 15) is 9.59 Å². The molecule has 0 unspecified atom stereocenters. The fourth-order valence-electron chi connectivity index (χ4n) is 2.88. The third-order valence-corrected chi connectivity index (χ3v) is 4.19. The lowest BCUT2D eigenvalue weighted by atomic mass is 10.1. The normalized spacial score (nSPS) is 12.3. The van der Waals surface area contributed by atoms with Gasteiger partial charge in [-0.05, 0) is 39.3 Å². The van der Waals surface area contributed by atoms with Crippen molar-refractivity contribution in [3.63, 3.8) is 0 Å². The molecule has 0 saturated heterocycles. The van der Waals surface area contributed by atoms with Crippen molar-refractivity contribution in [3.8, 4) is 0 Å². The van der Waals surface area contributed by atoms with Crippen molar-refractivity contribution in [2.75, 3.05) is 0 Å². The van der Waals surface area contributed by atoms with Crippen molar-refractivity contribution >= 4 is 16.9 Å². The Morgan fingerprint density at radius 1 is 1.32 bits per heavy atom. The average molecular weight is 339 g/mol. The van der Waals surface area contributed by atoms with Gasteiger partial charge in [-0.15, -0.1) is 0 Å². The highest BCUT2D eigenvalue weighted by Crippen LogP contribution is 2.23. The lowest BCUT2D eigenvalue weighted by Gasteiger charge is -2.11. The van der Waals surface area contributed by atoms with Gasteiger partial charge >= 0.3 is 0 Å². The Labute approximate surface area is 145 Å². The van der Waals surface area contributed by atoms with E-state index in [4.69, 9.17) is 4.42 Å². The summed E-state index contributed by atoms with van der Waals surface area (Å²) in [6, 6.07) is 9.41. The molecule has 0 radical (unpaired) electrons. The summed E-state index contributed by atoms with van der Waals surface area (Å²) in [5.41, 5.74) is 1.84. The minimum atomic E-state index is -0.240. The Morgan fingerprint density at radius 3 is 2.80 bits per heavy atom. The molecule has 3 rings (SSSR count). The van der Waals surface area contributed by atoms with Crippen molar-refractivity contribution in [2.45, 2.75) is 39.7 Å².